The van der Waals surface area contributed by atoms with E-state index in [1.165, 1.54) is 0 Å². The van der Waals surface area contributed by atoms with Crippen molar-refractivity contribution in [2.24, 2.45) is 0 Å². The molecule has 0 aliphatic carbocycles. The second-order valence-corrected chi connectivity index (χ2v) is 1.90. The summed E-state index contributed by atoms with van der Waals surface area (Å²) in [6.45, 7) is 3.90. The van der Waals surface area contributed by atoms with Gasteiger partial charge in [-0.3, -0.25) is 0 Å². The minimum atomic E-state index is 0.364. The highest BCUT2D eigenvalue weighted by atomic mass is 16.6. The van der Waals surface area contributed by atoms with Crippen LogP contribution in [0, 0.1) is 11.8 Å². The summed E-state index contributed by atoms with van der Waals surface area (Å²) in [5.74, 6) is 5.55. The van der Waals surface area contributed by atoms with E-state index in [2.05, 4.69) is 11.8 Å². The minimum absolute atomic E-state index is 0.364. The van der Waals surface area contributed by atoms with E-state index < -0.39 is 0 Å². The van der Waals surface area contributed by atoms with Gasteiger partial charge in [-0.25, -0.2) is 0 Å². The predicted octanol–water partition coefficient (Wildman–Crippen LogP) is 0.425. The molecule has 1 atom stereocenters. The molecule has 0 saturated carbocycles. The summed E-state index contributed by atoms with van der Waals surface area (Å²) in [6.07, 6.45) is 0.364. The van der Waals surface area contributed by atoms with Gasteiger partial charge < -0.3 is 9.47 Å². The molecule has 1 unspecified atom stereocenters. The molecule has 0 radical (unpaired) electrons. The van der Waals surface area contributed by atoms with Gasteiger partial charge in [-0.1, -0.05) is 5.92 Å². The third kappa shape index (κ3) is 3.12. The maximum atomic E-state index is 5.10. The zero-order valence-electron chi connectivity index (χ0n) is 5.52. The first-order valence-electron chi connectivity index (χ1n) is 3.02. The molecule has 0 amide bonds. The van der Waals surface area contributed by atoms with E-state index in [1.54, 1.807) is 6.92 Å². The van der Waals surface area contributed by atoms with E-state index in [4.69, 9.17) is 9.47 Å². The molecule has 0 N–H and O–H groups in total. The fourth-order valence-electron chi connectivity index (χ4n) is 0.478. The topological polar surface area (TPSA) is 21.8 Å². The molecule has 0 bridgehead atoms. The van der Waals surface area contributed by atoms with Crippen LogP contribution in [-0.2, 0) is 9.47 Å². The van der Waals surface area contributed by atoms with Gasteiger partial charge in [-0.05, 0) is 6.92 Å². The summed E-state index contributed by atoms with van der Waals surface area (Å²) >= 11 is 0. The Morgan fingerprint density at radius 1 is 1.78 bits per heavy atom. The highest BCUT2D eigenvalue weighted by Gasteiger charge is 2.21. The van der Waals surface area contributed by atoms with Gasteiger partial charge in [0.05, 0.1) is 13.2 Å². The standard InChI is InChI=1S/C7H10O2/c1-2-3-4-8-5-7-6-9-7/h7H,4-6H2,1H3. The molecule has 0 spiro atoms. The maximum Gasteiger partial charge on any atom is 0.107 e. The van der Waals surface area contributed by atoms with Gasteiger partial charge in [0.25, 0.3) is 0 Å². The Kier molecular flexibility index (Phi) is 2.56. The van der Waals surface area contributed by atoms with E-state index in [1.807, 2.05) is 0 Å². The van der Waals surface area contributed by atoms with Gasteiger partial charge in [0.1, 0.15) is 12.7 Å². The lowest BCUT2D eigenvalue weighted by Gasteiger charge is -1.91. The number of hydrogen-bond acceptors (Lipinski definition) is 2. The molecule has 9 heavy (non-hydrogen) atoms. The lowest BCUT2D eigenvalue weighted by Crippen LogP contribution is -2.00. The first-order valence-corrected chi connectivity index (χ1v) is 3.02. The summed E-state index contributed by atoms with van der Waals surface area (Å²) in [7, 11) is 0. The normalized spacial score (nSPS) is 22.6. The van der Waals surface area contributed by atoms with E-state index in [-0.39, 0.29) is 0 Å². The van der Waals surface area contributed by atoms with Crippen molar-refractivity contribution in [1.29, 1.82) is 0 Å². The van der Waals surface area contributed by atoms with Crippen molar-refractivity contribution in [2.75, 3.05) is 19.8 Å². The fraction of sp³-hybridized carbons (Fsp3) is 0.714. The second kappa shape index (κ2) is 3.49. The average Bonchev–Trinajstić information content (AvgIpc) is 2.63. The molecule has 1 aliphatic rings. The lowest BCUT2D eigenvalue weighted by molar-refractivity contribution is 0.145. The van der Waals surface area contributed by atoms with E-state index in [0.717, 1.165) is 6.61 Å². The van der Waals surface area contributed by atoms with E-state index in [9.17, 15) is 0 Å². The van der Waals surface area contributed by atoms with Crippen LogP contribution >= 0.6 is 0 Å². The van der Waals surface area contributed by atoms with Crippen LogP contribution in [0.5, 0.6) is 0 Å². The quantitative estimate of drug-likeness (QED) is 0.310. The van der Waals surface area contributed by atoms with E-state index in [0.29, 0.717) is 19.3 Å². The molecule has 50 valence electrons. The summed E-state index contributed by atoms with van der Waals surface area (Å²) in [5.41, 5.74) is 0. The largest absolute Gasteiger partial charge is 0.371 e. The SMILES string of the molecule is CC#CCOCC1CO1. The third-order valence-corrected chi connectivity index (χ3v) is 1.06. The summed E-state index contributed by atoms with van der Waals surface area (Å²) < 4.78 is 10.0. The van der Waals surface area contributed by atoms with Gasteiger partial charge in [0.2, 0.25) is 0 Å². The predicted molar refractivity (Wildman–Crippen MR) is 34.0 cm³/mol. The number of hydrogen-bond donors (Lipinski definition) is 0. The van der Waals surface area contributed by atoms with Crippen molar-refractivity contribution in [3.8, 4) is 11.8 Å². The van der Waals surface area contributed by atoms with Gasteiger partial charge in [-0.15, -0.1) is 5.92 Å². The van der Waals surface area contributed by atoms with Crippen LogP contribution in [0.15, 0.2) is 0 Å². The molecule has 2 nitrogen and oxygen atoms in total. The van der Waals surface area contributed by atoms with Crippen LogP contribution in [0.4, 0.5) is 0 Å². The lowest BCUT2D eigenvalue weighted by atomic mass is 10.5. The van der Waals surface area contributed by atoms with Crippen molar-refractivity contribution < 1.29 is 9.47 Å². The van der Waals surface area contributed by atoms with Gasteiger partial charge >= 0.3 is 0 Å². The zero-order chi connectivity index (χ0) is 6.53. The molecule has 0 aromatic rings. The van der Waals surface area contributed by atoms with Crippen molar-refractivity contribution in [3.05, 3.63) is 0 Å². The molecule has 1 heterocycles. The Morgan fingerprint density at radius 3 is 3.11 bits per heavy atom. The van der Waals surface area contributed by atoms with Crippen LogP contribution in [-0.4, -0.2) is 25.9 Å². The van der Waals surface area contributed by atoms with Crippen LogP contribution in [0.25, 0.3) is 0 Å². The maximum absolute atomic E-state index is 5.10. The molecule has 2 heteroatoms. The zero-order valence-corrected chi connectivity index (χ0v) is 5.52. The third-order valence-electron chi connectivity index (χ3n) is 1.06. The molecular formula is C7H10O2. The van der Waals surface area contributed by atoms with Crippen molar-refractivity contribution in [1.82, 2.24) is 0 Å². The fourth-order valence-corrected chi connectivity index (χ4v) is 0.478. The Morgan fingerprint density at radius 2 is 2.56 bits per heavy atom. The van der Waals surface area contributed by atoms with Gasteiger partial charge in [-0.2, -0.15) is 0 Å². The Hall–Kier alpha value is -0.520. The van der Waals surface area contributed by atoms with E-state index >= 15 is 0 Å². The summed E-state index contributed by atoms with van der Waals surface area (Å²) in [6, 6.07) is 0. The van der Waals surface area contributed by atoms with Gasteiger partial charge in [0.15, 0.2) is 0 Å². The first-order chi connectivity index (χ1) is 4.43. The highest BCUT2D eigenvalue weighted by Crippen LogP contribution is 2.07. The monoisotopic (exact) mass is 126 g/mol. The molecular weight excluding hydrogens is 116 g/mol. The number of rotatable bonds is 3. The van der Waals surface area contributed by atoms with Gasteiger partial charge in [0, 0.05) is 0 Å². The molecule has 1 fully saturated rings. The Bertz CT molecular complexity index is 128. The van der Waals surface area contributed by atoms with Crippen molar-refractivity contribution in [3.63, 3.8) is 0 Å². The smallest absolute Gasteiger partial charge is 0.107 e. The summed E-state index contributed by atoms with van der Waals surface area (Å²) in [4.78, 5) is 0. The first kappa shape index (κ1) is 6.60. The molecule has 0 aromatic heterocycles. The average molecular weight is 126 g/mol. The van der Waals surface area contributed by atoms with Crippen LogP contribution in [0.2, 0.25) is 0 Å². The van der Waals surface area contributed by atoms with Crippen LogP contribution < -0.4 is 0 Å². The number of epoxide rings is 1. The molecule has 1 aliphatic heterocycles. The second-order valence-electron chi connectivity index (χ2n) is 1.90. The Balaban J connectivity index is 1.84. The molecule has 1 saturated heterocycles. The molecule has 1 rings (SSSR count). The summed E-state index contributed by atoms with van der Waals surface area (Å²) in [5, 5.41) is 0. The molecule has 0 aromatic carbocycles. The highest BCUT2D eigenvalue weighted by molar-refractivity contribution is 4.94. The van der Waals surface area contributed by atoms with Crippen LogP contribution in [0.3, 0.4) is 0 Å². The van der Waals surface area contributed by atoms with Crippen molar-refractivity contribution in [2.45, 2.75) is 13.0 Å². The Labute approximate surface area is 55.1 Å². The van der Waals surface area contributed by atoms with Crippen molar-refractivity contribution >= 4 is 0 Å². The van der Waals surface area contributed by atoms with Crippen LogP contribution in [0.1, 0.15) is 6.92 Å². The minimum Gasteiger partial charge on any atom is -0.371 e. The number of ether oxygens (including phenoxy) is 2.